The van der Waals surface area contributed by atoms with Crippen LogP contribution >= 0.6 is 0 Å². The van der Waals surface area contributed by atoms with E-state index in [-0.39, 0.29) is 12.0 Å². The van der Waals surface area contributed by atoms with Crippen LogP contribution in [0.4, 0.5) is 11.5 Å². The van der Waals surface area contributed by atoms with Gasteiger partial charge >= 0.3 is 0 Å². The van der Waals surface area contributed by atoms with E-state index in [9.17, 15) is 4.79 Å². The maximum absolute atomic E-state index is 12.3. The number of nitrogens with two attached hydrogens (primary N) is 1. The quantitative estimate of drug-likeness (QED) is 0.419. The number of anilines is 2. The number of nitrogens with one attached hydrogen (secondary N) is 1. The first kappa shape index (κ1) is 22.3. The number of nitrogens with zero attached hydrogens (tertiary/aromatic N) is 8. The van der Waals surface area contributed by atoms with Gasteiger partial charge in [-0.3, -0.25) is 9.48 Å². The molecule has 0 spiro atoms. The molecule has 0 aliphatic carbocycles. The minimum Gasteiger partial charge on any atom is -0.376 e. The Labute approximate surface area is 202 Å². The van der Waals surface area contributed by atoms with Crippen LogP contribution in [-0.4, -0.2) is 54.4 Å². The molecule has 1 amide bonds. The van der Waals surface area contributed by atoms with Crippen molar-refractivity contribution in [3.05, 3.63) is 54.2 Å². The Morgan fingerprint density at radius 2 is 2.09 bits per heavy atom. The van der Waals surface area contributed by atoms with Crippen molar-refractivity contribution in [2.75, 3.05) is 23.3 Å². The second-order valence-electron chi connectivity index (χ2n) is 8.83. The highest BCUT2D eigenvalue weighted by molar-refractivity contribution is 6.01. The first-order chi connectivity index (χ1) is 17.0. The molecular formula is C24H26N10O. The second-order valence-corrected chi connectivity index (χ2v) is 8.83. The Balaban J connectivity index is 1.46. The van der Waals surface area contributed by atoms with E-state index in [1.165, 1.54) is 6.20 Å². The van der Waals surface area contributed by atoms with E-state index < -0.39 is 5.91 Å². The lowest BCUT2D eigenvalue weighted by molar-refractivity contribution is 0.100. The van der Waals surface area contributed by atoms with Crippen molar-refractivity contribution >= 4 is 23.1 Å². The predicted octanol–water partition coefficient (Wildman–Crippen LogP) is 2.31. The van der Waals surface area contributed by atoms with Crippen LogP contribution in [0.1, 0.15) is 36.2 Å². The molecule has 0 bridgehead atoms. The molecule has 1 fully saturated rings. The summed E-state index contributed by atoms with van der Waals surface area (Å²) in [4.78, 5) is 23.6. The maximum Gasteiger partial charge on any atom is 0.252 e. The van der Waals surface area contributed by atoms with Crippen LogP contribution in [0.15, 0.2) is 43.1 Å². The number of aryl methyl sites for hydroxylation is 1. The van der Waals surface area contributed by atoms with Crippen molar-refractivity contribution in [1.82, 2.24) is 29.4 Å². The zero-order valence-corrected chi connectivity index (χ0v) is 19.6. The Morgan fingerprint density at radius 1 is 1.23 bits per heavy atom. The number of imidazole rings is 1. The van der Waals surface area contributed by atoms with Gasteiger partial charge in [0.25, 0.3) is 5.91 Å². The summed E-state index contributed by atoms with van der Waals surface area (Å²) in [6.45, 7) is 6.52. The number of hydrogen-bond donors (Lipinski definition) is 2. The molecule has 5 rings (SSSR count). The molecule has 1 saturated heterocycles. The number of fused-ring (bicyclic) bond motifs is 1. The van der Waals surface area contributed by atoms with E-state index in [1.54, 1.807) is 23.0 Å². The first-order valence-electron chi connectivity index (χ1n) is 11.6. The standard InChI is InChI=1S/C24H26N10O/c1-3-6-33-12-17(9-28-33)20-14-34-24(31-20)22(18(10-29-34)23(26)35)30-19-13-32(11-15(19)2)21-5-4-16(7-25)8-27-21/h4-5,8-10,12,14-15,19,30H,3,6,11,13H2,1-2H3,(H2,26,35)/t15-,19+/m1/s1. The summed E-state index contributed by atoms with van der Waals surface area (Å²) in [5, 5.41) is 21.3. The SMILES string of the molecule is CCCn1cc(-c2cn3ncc(C(N)=O)c(N[C@H]4CN(c5ccc(C#N)cn5)C[C@H]4C)c3n2)cn1. The fourth-order valence-electron chi connectivity index (χ4n) is 4.42. The van der Waals surface area contributed by atoms with Crippen LogP contribution < -0.4 is 16.0 Å². The van der Waals surface area contributed by atoms with Gasteiger partial charge in [-0.05, 0) is 24.5 Å². The van der Waals surface area contributed by atoms with Crippen LogP contribution in [0.2, 0.25) is 0 Å². The summed E-state index contributed by atoms with van der Waals surface area (Å²) in [7, 11) is 0. The summed E-state index contributed by atoms with van der Waals surface area (Å²) in [6.07, 6.45) is 9.59. The highest BCUT2D eigenvalue weighted by Crippen LogP contribution is 2.30. The molecule has 0 unspecified atom stereocenters. The van der Waals surface area contributed by atoms with Crippen LogP contribution in [0.5, 0.6) is 0 Å². The van der Waals surface area contributed by atoms with Gasteiger partial charge in [-0.2, -0.15) is 15.5 Å². The molecule has 3 N–H and O–H groups in total. The molecule has 0 saturated carbocycles. The van der Waals surface area contributed by atoms with Crippen molar-refractivity contribution in [3.63, 3.8) is 0 Å². The Kier molecular flexibility index (Phi) is 5.78. The molecule has 1 aliphatic rings. The van der Waals surface area contributed by atoms with Gasteiger partial charge < -0.3 is 16.0 Å². The molecule has 35 heavy (non-hydrogen) atoms. The third-order valence-corrected chi connectivity index (χ3v) is 6.28. The number of amides is 1. The van der Waals surface area contributed by atoms with Gasteiger partial charge in [-0.25, -0.2) is 14.5 Å². The molecule has 4 aromatic rings. The molecule has 5 heterocycles. The highest BCUT2D eigenvalue weighted by Gasteiger charge is 2.32. The van der Waals surface area contributed by atoms with Crippen molar-refractivity contribution < 1.29 is 4.79 Å². The highest BCUT2D eigenvalue weighted by atomic mass is 16.1. The number of pyridine rings is 1. The van der Waals surface area contributed by atoms with Crippen LogP contribution in [-0.2, 0) is 6.54 Å². The Morgan fingerprint density at radius 3 is 2.80 bits per heavy atom. The number of carbonyl (C=O) groups is 1. The number of aromatic nitrogens is 6. The Bertz CT molecular complexity index is 1410. The summed E-state index contributed by atoms with van der Waals surface area (Å²) in [5.41, 5.74) is 9.20. The topological polar surface area (TPSA) is 143 Å². The van der Waals surface area contributed by atoms with E-state index in [0.717, 1.165) is 30.9 Å². The van der Waals surface area contributed by atoms with Gasteiger partial charge in [-0.15, -0.1) is 0 Å². The third-order valence-electron chi connectivity index (χ3n) is 6.28. The van der Waals surface area contributed by atoms with Gasteiger partial charge in [0.05, 0.1) is 41.1 Å². The lowest BCUT2D eigenvalue weighted by Crippen LogP contribution is -2.30. The smallest absolute Gasteiger partial charge is 0.252 e. The van der Waals surface area contributed by atoms with Crippen LogP contribution in [0, 0.1) is 17.2 Å². The molecule has 0 aromatic carbocycles. The van der Waals surface area contributed by atoms with Gasteiger partial charge in [0.2, 0.25) is 0 Å². The fraction of sp³-hybridized carbons (Fsp3) is 0.333. The minimum absolute atomic E-state index is 0.0178. The monoisotopic (exact) mass is 470 g/mol. The zero-order chi connectivity index (χ0) is 24.5. The molecule has 11 heteroatoms. The molecule has 1 aliphatic heterocycles. The number of hydrogen-bond acceptors (Lipinski definition) is 8. The second kappa shape index (κ2) is 9.06. The summed E-state index contributed by atoms with van der Waals surface area (Å²) in [5.74, 6) is 0.490. The van der Waals surface area contributed by atoms with E-state index in [2.05, 4.69) is 45.3 Å². The Hall–Kier alpha value is -4.46. The lowest BCUT2D eigenvalue weighted by Gasteiger charge is -2.20. The van der Waals surface area contributed by atoms with Crippen molar-refractivity contribution in [3.8, 4) is 17.3 Å². The summed E-state index contributed by atoms with van der Waals surface area (Å²) < 4.78 is 3.54. The van der Waals surface area contributed by atoms with Crippen molar-refractivity contribution in [2.45, 2.75) is 32.9 Å². The summed E-state index contributed by atoms with van der Waals surface area (Å²) >= 11 is 0. The van der Waals surface area contributed by atoms with Gasteiger partial charge in [0.15, 0.2) is 5.65 Å². The van der Waals surface area contributed by atoms with E-state index in [4.69, 9.17) is 16.0 Å². The van der Waals surface area contributed by atoms with E-state index >= 15 is 0 Å². The average Bonchev–Trinajstić information content (AvgIpc) is 3.58. The van der Waals surface area contributed by atoms with Gasteiger partial charge in [0, 0.05) is 43.6 Å². The third kappa shape index (κ3) is 4.26. The van der Waals surface area contributed by atoms with Crippen molar-refractivity contribution in [1.29, 1.82) is 5.26 Å². The van der Waals surface area contributed by atoms with E-state index in [0.29, 0.717) is 34.7 Å². The van der Waals surface area contributed by atoms with Crippen molar-refractivity contribution in [2.24, 2.45) is 11.7 Å². The van der Waals surface area contributed by atoms with E-state index in [1.807, 2.05) is 23.1 Å². The van der Waals surface area contributed by atoms with Crippen LogP contribution in [0.25, 0.3) is 16.9 Å². The molecule has 11 nitrogen and oxygen atoms in total. The number of primary amides is 1. The molecular weight excluding hydrogens is 444 g/mol. The minimum atomic E-state index is -0.570. The number of carbonyl (C=O) groups excluding carboxylic acids is 1. The lowest BCUT2D eigenvalue weighted by atomic mass is 10.1. The van der Waals surface area contributed by atoms with Gasteiger partial charge in [0.1, 0.15) is 11.9 Å². The summed E-state index contributed by atoms with van der Waals surface area (Å²) in [6, 6.07) is 5.73. The first-order valence-corrected chi connectivity index (χ1v) is 11.6. The normalized spacial score (nSPS) is 17.6. The zero-order valence-electron chi connectivity index (χ0n) is 19.6. The van der Waals surface area contributed by atoms with Gasteiger partial charge in [-0.1, -0.05) is 13.8 Å². The molecule has 4 aromatic heterocycles. The molecule has 178 valence electrons. The maximum atomic E-state index is 12.3. The number of nitriles is 1. The average molecular weight is 471 g/mol. The largest absolute Gasteiger partial charge is 0.376 e. The number of rotatable bonds is 7. The predicted molar refractivity (Wildman–Crippen MR) is 131 cm³/mol. The molecule has 0 radical (unpaired) electrons. The molecule has 2 atom stereocenters. The van der Waals surface area contributed by atoms with Crippen LogP contribution in [0.3, 0.4) is 0 Å². The fourth-order valence-corrected chi connectivity index (χ4v) is 4.42.